The highest BCUT2D eigenvalue weighted by Gasteiger charge is 2.29. The van der Waals surface area contributed by atoms with E-state index in [1.54, 1.807) is 0 Å². The lowest BCUT2D eigenvalue weighted by Gasteiger charge is -2.41. The van der Waals surface area contributed by atoms with Crippen LogP contribution in [-0.4, -0.2) is 92.1 Å². The minimum atomic E-state index is -0.186. The number of nitrogens with one attached hydrogen (secondary N) is 2. The number of carbonyl (C=O) groups excluding carboxylic acids is 2. The quantitative estimate of drug-likeness (QED) is 0.381. The maximum Gasteiger partial charge on any atom is 0.319 e. The van der Waals surface area contributed by atoms with Crippen LogP contribution in [0.1, 0.15) is 59.6 Å². The molecule has 0 atom stereocenters. The maximum absolute atomic E-state index is 13.5. The first-order valence-electron chi connectivity index (χ1n) is 16.3. The van der Waals surface area contributed by atoms with Crippen LogP contribution >= 0.6 is 0 Å². The molecule has 0 bridgehead atoms. The third-order valence-electron chi connectivity index (χ3n) is 9.47. The summed E-state index contributed by atoms with van der Waals surface area (Å²) in [6, 6.07) is 27.5. The molecule has 1 aliphatic carbocycles. The van der Waals surface area contributed by atoms with E-state index >= 15 is 0 Å². The molecule has 2 N–H and O–H groups in total. The predicted molar refractivity (Wildman–Crippen MR) is 177 cm³/mol. The van der Waals surface area contributed by atoms with Crippen molar-refractivity contribution in [2.24, 2.45) is 0 Å². The van der Waals surface area contributed by atoms with Crippen LogP contribution < -0.4 is 15.5 Å². The number of carbonyl (C=O) groups is 2. The molecule has 0 spiro atoms. The number of rotatable bonds is 7. The molecule has 2 saturated heterocycles. The van der Waals surface area contributed by atoms with Crippen molar-refractivity contribution in [3.05, 3.63) is 95.6 Å². The van der Waals surface area contributed by atoms with Gasteiger partial charge in [-0.25, -0.2) is 4.79 Å². The summed E-state index contributed by atoms with van der Waals surface area (Å²) < 4.78 is 0. The standard InChI is InChI=1S/C36H46N6O2/c1-39-19-21-42(22-20-39)35(43)30-17-18-33(32(27-30)38-36(44)37-31-15-9-4-10-16-31)40-23-25-41(26-24-40)34(28-11-5-2-6-12-28)29-13-7-3-8-14-29/h2-3,5-8,11-14,17-18,27,31,34H,4,9-10,15-16,19-26H2,1H3,(H2,37,38,44). The second-order valence-electron chi connectivity index (χ2n) is 12.5. The van der Waals surface area contributed by atoms with Gasteiger partial charge in [-0.2, -0.15) is 0 Å². The summed E-state index contributed by atoms with van der Waals surface area (Å²) in [5.74, 6) is 0.0266. The Morgan fingerprint density at radius 3 is 1.95 bits per heavy atom. The van der Waals surface area contributed by atoms with Gasteiger partial charge >= 0.3 is 6.03 Å². The van der Waals surface area contributed by atoms with Crippen LogP contribution in [0.2, 0.25) is 0 Å². The lowest BCUT2D eigenvalue weighted by atomic mass is 9.96. The third-order valence-corrected chi connectivity index (χ3v) is 9.47. The van der Waals surface area contributed by atoms with E-state index in [1.165, 1.54) is 17.5 Å². The smallest absolute Gasteiger partial charge is 0.319 e. The fourth-order valence-corrected chi connectivity index (χ4v) is 6.93. The summed E-state index contributed by atoms with van der Waals surface area (Å²) in [5, 5.41) is 6.36. The number of hydrogen-bond donors (Lipinski definition) is 2. The van der Waals surface area contributed by atoms with E-state index in [4.69, 9.17) is 0 Å². The molecule has 6 rings (SSSR count). The van der Waals surface area contributed by atoms with Crippen molar-refractivity contribution in [1.29, 1.82) is 0 Å². The molecular formula is C36H46N6O2. The highest BCUT2D eigenvalue weighted by atomic mass is 16.2. The highest BCUT2D eigenvalue weighted by Crippen LogP contribution is 2.33. The van der Waals surface area contributed by atoms with Gasteiger partial charge in [0.15, 0.2) is 0 Å². The monoisotopic (exact) mass is 594 g/mol. The van der Waals surface area contributed by atoms with Gasteiger partial charge in [0.25, 0.3) is 5.91 Å². The Balaban J connectivity index is 1.21. The number of urea groups is 1. The van der Waals surface area contributed by atoms with Crippen LogP contribution in [0.15, 0.2) is 78.9 Å². The van der Waals surface area contributed by atoms with Crippen molar-refractivity contribution in [1.82, 2.24) is 20.0 Å². The molecule has 3 amide bonds. The van der Waals surface area contributed by atoms with Crippen molar-refractivity contribution >= 4 is 23.3 Å². The summed E-state index contributed by atoms with van der Waals surface area (Å²) in [6.07, 6.45) is 5.59. The van der Waals surface area contributed by atoms with Gasteiger partial charge in [-0.1, -0.05) is 79.9 Å². The molecule has 44 heavy (non-hydrogen) atoms. The Kier molecular flexibility index (Phi) is 9.78. The molecule has 232 valence electrons. The van der Waals surface area contributed by atoms with E-state index in [2.05, 4.69) is 93.0 Å². The van der Waals surface area contributed by atoms with Crippen LogP contribution in [0.3, 0.4) is 0 Å². The van der Waals surface area contributed by atoms with E-state index in [9.17, 15) is 9.59 Å². The Hall–Kier alpha value is -3.88. The highest BCUT2D eigenvalue weighted by molar-refractivity contribution is 5.99. The van der Waals surface area contributed by atoms with Gasteiger partial charge in [-0.05, 0) is 49.2 Å². The molecular weight excluding hydrogens is 548 g/mol. The van der Waals surface area contributed by atoms with E-state index in [-0.39, 0.29) is 24.0 Å². The van der Waals surface area contributed by atoms with Crippen LogP contribution in [0.4, 0.5) is 16.2 Å². The number of hydrogen-bond acceptors (Lipinski definition) is 5. The number of likely N-dealkylation sites (N-methyl/N-ethyl adjacent to an activating group) is 1. The summed E-state index contributed by atoms with van der Waals surface area (Å²) in [5.41, 5.74) is 4.88. The summed E-state index contributed by atoms with van der Waals surface area (Å²) in [6.45, 7) is 6.57. The van der Waals surface area contributed by atoms with Crippen molar-refractivity contribution in [2.75, 3.05) is 69.6 Å². The van der Waals surface area contributed by atoms with Gasteiger partial charge in [0, 0.05) is 64.0 Å². The molecule has 2 aliphatic heterocycles. The second-order valence-corrected chi connectivity index (χ2v) is 12.5. The van der Waals surface area contributed by atoms with Crippen molar-refractivity contribution in [2.45, 2.75) is 44.2 Å². The summed E-state index contributed by atoms with van der Waals surface area (Å²) >= 11 is 0. The number of nitrogens with zero attached hydrogens (tertiary/aromatic N) is 4. The number of benzene rings is 3. The zero-order valence-electron chi connectivity index (χ0n) is 26.0. The van der Waals surface area contributed by atoms with E-state index < -0.39 is 0 Å². The maximum atomic E-state index is 13.5. The Morgan fingerprint density at radius 2 is 1.34 bits per heavy atom. The van der Waals surface area contributed by atoms with E-state index in [1.807, 2.05) is 23.1 Å². The van der Waals surface area contributed by atoms with Crippen LogP contribution in [0.5, 0.6) is 0 Å². The molecule has 2 heterocycles. The zero-order valence-corrected chi connectivity index (χ0v) is 26.0. The summed E-state index contributed by atoms with van der Waals surface area (Å²) in [4.78, 5) is 35.8. The van der Waals surface area contributed by atoms with Gasteiger partial charge in [0.1, 0.15) is 0 Å². The minimum absolute atomic E-state index is 0.0266. The normalized spacial score (nSPS) is 18.8. The number of piperazine rings is 2. The first kappa shape index (κ1) is 30.2. The molecule has 3 aromatic rings. The van der Waals surface area contributed by atoms with Crippen molar-refractivity contribution in [3.8, 4) is 0 Å². The largest absolute Gasteiger partial charge is 0.367 e. The molecule has 0 aromatic heterocycles. The molecule has 3 aromatic carbocycles. The molecule has 1 saturated carbocycles. The number of anilines is 2. The van der Waals surface area contributed by atoms with Gasteiger partial charge in [-0.3, -0.25) is 9.69 Å². The van der Waals surface area contributed by atoms with Crippen molar-refractivity contribution < 1.29 is 9.59 Å². The van der Waals surface area contributed by atoms with Crippen molar-refractivity contribution in [3.63, 3.8) is 0 Å². The first-order chi connectivity index (χ1) is 21.5. The van der Waals surface area contributed by atoms with Gasteiger partial charge in [-0.15, -0.1) is 0 Å². The van der Waals surface area contributed by atoms with Gasteiger partial charge in [0.05, 0.1) is 17.4 Å². The molecule has 0 unspecified atom stereocenters. The Bertz CT molecular complexity index is 1340. The Morgan fingerprint density at radius 1 is 0.727 bits per heavy atom. The van der Waals surface area contributed by atoms with E-state index in [0.29, 0.717) is 24.3 Å². The van der Waals surface area contributed by atoms with Crippen LogP contribution in [-0.2, 0) is 0 Å². The number of amides is 3. The third kappa shape index (κ3) is 7.25. The Labute approximate surface area is 262 Å². The van der Waals surface area contributed by atoms with E-state index in [0.717, 1.165) is 70.6 Å². The molecule has 8 heteroatoms. The fourth-order valence-electron chi connectivity index (χ4n) is 6.93. The second kappa shape index (κ2) is 14.3. The molecule has 0 radical (unpaired) electrons. The minimum Gasteiger partial charge on any atom is -0.367 e. The molecule has 3 aliphatic rings. The topological polar surface area (TPSA) is 71.2 Å². The van der Waals surface area contributed by atoms with Gasteiger partial charge < -0.3 is 25.3 Å². The first-order valence-corrected chi connectivity index (χ1v) is 16.3. The zero-order chi connectivity index (χ0) is 30.3. The molecule has 3 fully saturated rings. The lowest BCUT2D eigenvalue weighted by molar-refractivity contribution is 0.0664. The summed E-state index contributed by atoms with van der Waals surface area (Å²) in [7, 11) is 2.09. The van der Waals surface area contributed by atoms with Gasteiger partial charge in [0.2, 0.25) is 0 Å². The predicted octanol–water partition coefficient (Wildman–Crippen LogP) is 5.44. The van der Waals surface area contributed by atoms with Crippen LogP contribution in [0.25, 0.3) is 0 Å². The lowest BCUT2D eigenvalue weighted by Crippen LogP contribution is -2.48. The SMILES string of the molecule is CN1CCN(C(=O)c2ccc(N3CCN(C(c4ccccc4)c4ccccc4)CC3)c(NC(=O)NC3CCCCC3)c2)CC1. The average Bonchev–Trinajstić information content (AvgIpc) is 3.07. The van der Waals surface area contributed by atoms with Crippen LogP contribution in [0, 0.1) is 0 Å². The fraction of sp³-hybridized carbons (Fsp3) is 0.444. The molecule has 8 nitrogen and oxygen atoms in total. The average molecular weight is 595 g/mol.